The molecule has 3 rings (SSSR count). The van der Waals surface area contributed by atoms with Gasteiger partial charge in [0.05, 0.1) is 12.3 Å². The van der Waals surface area contributed by atoms with Crippen LogP contribution in [0.3, 0.4) is 0 Å². The summed E-state index contributed by atoms with van der Waals surface area (Å²) in [7, 11) is 0. The first-order valence-corrected chi connectivity index (χ1v) is 7.75. The summed E-state index contributed by atoms with van der Waals surface area (Å²) in [5, 5.41) is 7.83. The van der Waals surface area contributed by atoms with Crippen molar-refractivity contribution in [3.8, 4) is 11.7 Å². The minimum Gasteiger partial charge on any atom is -0.462 e. The third-order valence-corrected chi connectivity index (χ3v) is 3.55. The fraction of sp³-hybridized carbons (Fsp3) is 0.500. The Kier molecular flexibility index (Phi) is 4.84. The molecule has 1 aromatic heterocycles. The Hall–Kier alpha value is -1.88. The van der Waals surface area contributed by atoms with Crippen LogP contribution in [-0.2, 0) is 0 Å². The molecule has 5 nitrogen and oxygen atoms in total. The molecule has 112 valence electrons. The maximum Gasteiger partial charge on any atom is 0.335 e. The lowest BCUT2D eigenvalue weighted by Crippen LogP contribution is -2.17. The molecule has 0 saturated heterocycles. The van der Waals surface area contributed by atoms with Gasteiger partial charge in [-0.15, -0.1) is 5.10 Å². The summed E-state index contributed by atoms with van der Waals surface area (Å²) in [4.78, 5) is 4.18. The van der Waals surface area contributed by atoms with Gasteiger partial charge in [-0.2, -0.15) is 4.98 Å². The van der Waals surface area contributed by atoms with E-state index < -0.39 is 0 Å². The molecule has 1 heterocycles. The average Bonchev–Trinajstić information content (AvgIpc) is 3.23. The third-order valence-electron chi connectivity index (χ3n) is 3.55. The van der Waals surface area contributed by atoms with E-state index in [1.807, 2.05) is 30.3 Å². The first-order valence-electron chi connectivity index (χ1n) is 7.75. The molecule has 0 radical (unpaired) electrons. The fourth-order valence-corrected chi connectivity index (χ4v) is 2.18. The predicted octanol–water partition coefficient (Wildman–Crippen LogP) is 2.57. The first kappa shape index (κ1) is 14.1. The monoisotopic (exact) mass is 286 g/mol. The lowest BCUT2D eigenvalue weighted by Gasteiger charge is -2.03. The van der Waals surface area contributed by atoms with Gasteiger partial charge in [0.15, 0.2) is 0 Å². The van der Waals surface area contributed by atoms with Crippen molar-refractivity contribution < 1.29 is 4.74 Å². The van der Waals surface area contributed by atoms with Gasteiger partial charge in [-0.05, 0) is 50.8 Å². The predicted molar refractivity (Wildman–Crippen MR) is 81.7 cm³/mol. The number of para-hydroxylation sites is 1. The summed E-state index contributed by atoms with van der Waals surface area (Å²) in [5.41, 5.74) is 0.992. The van der Waals surface area contributed by atoms with E-state index in [2.05, 4.69) is 15.4 Å². The number of aromatic nitrogens is 3. The van der Waals surface area contributed by atoms with Crippen LogP contribution in [0.15, 0.2) is 36.7 Å². The molecule has 0 unspecified atom stereocenters. The summed E-state index contributed by atoms with van der Waals surface area (Å²) in [6.07, 6.45) is 7.85. The molecule has 5 heteroatoms. The standard InChI is InChI=1S/C16H22N4O/c1-3-7-15(8-4-1)20-13-18-16(19-20)21-12-6-2-5-11-17-14-9-10-14/h1,3-4,7-8,13-14,17H,2,5-6,9-12H2. The van der Waals surface area contributed by atoms with E-state index >= 15 is 0 Å². The zero-order valence-corrected chi connectivity index (χ0v) is 12.2. The van der Waals surface area contributed by atoms with Crippen molar-refractivity contribution in [1.82, 2.24) is 20.1 Å². The van der Waals surface area contributed by atoms with Crippen LogP contribution in [0.5, 0.6) is 6.01 Å². The van der Waals surface area contributed by atoms with Crippen LogP contribution in [-0.4, -0.2) is 34.0 Å². The van der Waals surface area contributed by atoms with Gasteiger partial charge >= 0.3 is 6.01 Å². The van der Waals surface area contributed by atoms with Crippen LogP contribution in [0, 0.1) is 0 Å². The molecule has 0 bridgehead atoms. The Labute approximate surface area is 125 Å². The zero-order chi connectivity index (χ0) is 14.3. The molecule has 0 atom stereocenters. The van der Waals surface area contributed by atoms with Gasteiger partial charge in [-0.1, -0.05) is 18.2 Å². The molecule has 21 heavy (non-hydrogen) atoms. The lowest BCUT2D eigenvalue weighted by atomic mass is 10.2. The smallest absolute Gasteiger partial charge is 0.335 e. The highest BCUT2D eigenvalue weighted by Crippen LogP contribution is 2.18. The quantitative estimate of drug-likeness (QED) is 0.720. The Morgan fingerprint density at radius 3 is 2.81 bits per heavy atom. The summed E-state index contributed by atoms with van der Waals surface area (Å²) < 4.78 is 7.32. The normalized spacial score (nSPS) is 14.3. The Bertz CT molecular complexity index is 536. The molecule has 2 aromatic rings. The minimum absolute atomic E-state index is 0.454. The largest absolute Gasteiger partial charge is 0.462 e. The number of hydrogen-bond acceptors (Lipinski definition) is 4. The molecule has 0 spiro atoms. The van der Waals surface area contributed by atoms with Gasteiger partial charge in [-0.3, -0.25) is 0 Å². The van der Waals surface area contributed by atoms with Gasteiger partial charge < -0.3 is 10.1 Å². The summed E-state index contributed by atoms with van der Waals surface area (Å²) in [6.45, 7) is 1.81. The lowest BCUT2D eigenvalue weighted by molar-refractivity contribution is 0.282. The van der Waals surface area contributed by atoms with Gasteiger partial charge in [-0.25, -0.2) is 4.68 Å². The van der Waals surface area contributed by atoms with Gasteiger partial charge in [0.2, 0.25) is 0 Å². The maximum atomic E-state index is 5.58. The highest BCUT2D eigenvalue weighted by atomic mass is 16.5. The number of benzene rings is 1. The second kappa shape index (κ2) is 7.22. The van der Waals surface area contributed by atoms with Gasteiger partial charge in [0.1, 0.15) is 6.33 Å². The van der Waals surface area contributed by atoms with E-state index in [0.29, 0.717) is 12.6 Å². The topological polar surface area (TPSA) is 52.0 Å². The van der Waals surface area contributed by atoms with E-state index in [-0.39, 0.29) is 0 Å². The molecule has 1 saturated carbocycles. The molecule has 1 aliphatic carbocycles. The second-order valence-corrected chi connectivity index (χ2v) is 5.44. The molecule has 1 aliphatic rings. The van der Waals surface area contributed by atoms with Crippen LogP contribution < -0.4 is 10.1 Å². The van der Waals surface area contributed by atoms with Crippen LogP contribution in [0.4, 0.5) is 0 Å². The number of rotatable bonds is 9. The number of ether oxygens (including phenoxy) is 1. The zero-order valence-electron chi connectivity index (χ0n) is 12.2. The summed E-state index contributed by atoms with van der Waals surface area (Å²) >= 11 is 0. The SMILES string of the molecule is c1ccc(-n2cnc(OCCCCCNC3CC3)n2)cc1. The van der Waals surface area contributed by atoms with Crippen LogP contribution in [0.2, 0.25) is 0 Å². The number of nitrogens with zero attached hydrogens (tertiary/aromatic N) is 3. The Morgan fingerprint density at radius 1 is 1.14 bits per heavy atom. The van der Waals surface area contributed by atoms with E-state index in [0.717, 1.165) is 24.7 Å². The molecule has 0 aliphatic heterocycles. The van der Waals surface area contributed by atoms with Gasteiger partial charge in [0, 0.05) is 6.04 Å². The second-order valence-electron chi connectivity index (χ2n) is 5.44. The van der Waals surface area contributed by atoms with E-state index in [1.54, 1.807) is 11.0 Å². The van der Waals surface area contributed by atoms with Crippen molar-refractivity contribution in [2.24, 2.45) is 0 Å². The Morgan fingerprint density at radius 2 is 2.00 bits per heavy atom. The van der Waals surface area contributed by atoms with Crippen LogP contribution in [0.25, 0.3) is 5.69 Å². The van der Waals surface area contributed by atoms with Crippen molar-refractivity contribution in [2.45, 2.75) is 38.1 Å². The maximum absolute atomic E-state index is 5.58. The molecule has 1 fully saturated rings. The number of unbranched alkanes of at least 4 members (excludes halogenated alkanes) is 2. The van der Waals surface area contributed by atoms with Crippen molar-refractivity contribution in [3.05, 3.63) is 36.7 Å². The van der Waals surface area contributed by atoms with Crippen molar-refractivity contribution >= 4 is 0 Å². The Balaban J connectivity index is 1.33. The third kappa shape index (κ3) is 4.56. The van der Waals surface area contributed by atoms with Gasteiger partial charge in [0.25, 0.3) is 0 Å². The van der Waals surface area contributed by atoms with E-state index in [4.69, 9.17) is 4.74 Å². The summed E-state index contributed by atoms with van der Waals surface area (Å²) in [6, 6.07) is 11.2. The number of nitrogens with one attached hydrogen (secondary N) is 1. The fourth-order valence-electron chi connectivity index (χ4n) is 2.18. The molecular weight excluding hydrogens is 264 g/mol. The van der Waals surface area contributed by atoms with E-state index in [9.17, 15) is 0 Å². The highest BCUT2D eigenvalue weighted by molar-refractivity contribution is 5.29. The van der Waals surface area contributed by atoms with E-state index in [1.165, 1.54) is 25.7 Å². The average molecular weight is 286 g/mol. The van der Waals surface area contributed by atoms with Crippen molar-refractivity contribution in [3.63, 3.8) is 0 Å². The first-order chi connectivity index (χ1) is 10.4. The molecule has 1 aromatic carbocycles. The summed E-state index contributed by atoms with van der Waals surface area (Å²) in [5.74, 6) is 0. The van der Waals surface area contributed by atoms with Crippen LogP contribution in [0.1, 0.15) is 32.1 Å². The number of hydrogen-bond donors (Lipinski definition) is 1. The van der Waals surface area contributed by atoms with Crippen molar-refractivity contribution in [1.29, 1.82) is 0 Å². The molecule has 0 amide bonds. The minimum atomic E-state index is 0.454. The van der Waals surface area contributed by atoms with Crippen LogP contribution >= 0.6 is 0 Å². The molecular formula is C16H22N4O. The van der Waals surface area contributed by atoms with Crippen molar-refractivity contribution in [2.75, 3.05) is 13.2 Å². The molecule has 1 N–H and O–H groups in total. The highest BCUT2D eigenvalue weighted by Gasteiger charge is 2.19.